The van der Waals surface area contributed by atoms with Crippen molar-refractivity contribution in [3.05, 3.63) is 27.2 Å². The molecule has 0 aromatic heterocycles. The van der Waals surface area contributed by atoms with Crippen LogP contribution in [0.25, 0.3) is 0 Å². The molecule has 1 aromatic carbocycles. The molecule has 1 nitrogen and oxygen atoms in total. The van der Waals surface area contributed by atoms with Crippen LogP contribution in [0.4, 0.5) is 5.69 Å². The molecule has 1 N–H and O–H groups in total. The van der Waals surface area contributed by atoms with Gasteiger partial charge in [0, 0.05) is 12.4 Å². The minimum Gasteiger partial charge on any atom is -0.384 e. The third kappa shape index (κ3) is 3.39. The summed E-state index contributed by atoms with van der Waals surface area (Å²) in [5, 5.41) is 4.63. The molecule has 0 radical (unpaired) electrons. The number of anilines is 1. The molecular formula is C9H9Cl4N. The highest BCUT2D eigenvalue weighted by molar-refractivity contribution is 6.44. The van der Waals surface area contributed by atoms with E-state index >= 15 is 0 Å². The van der Waals surface area contributed by atoms with Gasteiger partial charge in [0.05, 0.1) is 20.8 Å². The van der Waals surface area contributed by atoms with Crippen molar-refractivity contribution in [3.63, 3.8) is 0 Å². The summed E-state index contributed by atoms with van der Waals surface area (Å²) < 4.78 is 0. The number of nitrogens with one attached hydrogen (secondary N) is 1. The summed E-state index contributed by atoms with van der Waals surface area (Å²) in [5.41, 5.74) is 0.784. The van der Waals surface area contributed by atoms with Crippen molar-refractivity contribution in [2.75, 3.05) is 17.7 Å². The third-order valence-electron chi connectivity index (χ3n) is 1.64. The summed E-state index contributed by atoms with van der Waals surface area (Å²) in [7, 11) is 0. The second kappa shape index (κ2) is 5.92. The van der Waals surface area contributed by atoms with Gasteiger partial charge in [0.1, 0.15) is 0 Å². The van der Waals surface area contributed by atoms with Gasteiger partial charge in [0.15, 0.2) is 0 Å². The molecule has 0 aliphatic rings. The van der Waals surface area contributed by atoms with Gasteiger partial charge >= 0.3 is 0 Å². The molecule has 0 aliphatic heterocycles. The van der Waals surface area contributed by atoms with E-state index in [1.54, 1.807) is 12.1 Å². The Bertz CT molecular complexity index is 314. The van der Waals surface area contributed by atoms with Crippen molar-refractivity contribution in [3.8, 4) is 0 Å². The Morgan fingerprint density at radius 3 is 2.29 bits per heavy atom. The number of rotatable bonds is 4. The van der Waals surface area contributed by atoms with Crippen molar-refractivity contribution in [2.45, 2.75) is 6.42 Å². The molecule has 1 rings (SSSR count). The van der Waals surface area contributed by atoms with Crippen LogP contribution in [-0.2, 0) is 0 Å². The molecular weight excluding hydrogens is 264 g/mol. The van der Waals surface area contributed by atoms with Gasteiger partial charge < -0.3 is 5.32 Å². The van der Waals surface area contributed by atoms with Gasteiger partial charge in [-0.3, -0.25) is 0 Å². The van der Waals surface area contributed by atoms with Gasteiger partial charge in [-0.25, -0.2) is 0 Å². The zero-order chi connectivity index (χ0) is 10.6. The molecule has 78 valence electrons. The first kappa shape index (κ1) is 12.3. The number of alkyl halides is 1. The van der Waals surface area contributed by atoms with Gasteiger partial charge in [0.25, 0.3) is 0 Å². The van der Waals surface area contributed by atoms with Crippen molar-refractivity contribution in [1.82, 2.24) is 0 Å². The van der Waals surface area contributed by atoms with E-state index in [-0.39, 0.29) is 0 Å². The van der Waals surface area contributed by atoms with Gasteiger partial charge in [-0.1, -0.05) is 34.8 Å². The minimum atomic E-state index is 0.458. The molecule has 0 atom stereocenters. The van der Waals surface area contributed by atoms with E-state index in [1.807, 2.05) is 0 Å². The standard InChI is InChI=1S/C9H9Cl4N/c10-2-1-3-14-9-5-7(12)6(11)4-8(9)13/h4-5,14H,1-3H2. The predicted octanol–water partition coefficient (Wildman–Crippen LogP) is 4.69. The van der Waals surface area contributed by atoms with E-state index in [2.05, 4.69) is 5.32 Å². The predicted molar refractivity (Wildman–Crippen MR) is 65.3 cm³/mol. The second-order valence-corrected chi connectivity index (χ2v) is 4.32. The van der Waals surface area contributed by atoms with Gasteiger partial charge in [-0.15, -0.1) is 11.6 Å². The van der Waals surface area contributed by atoms with Crippen LogP contribution in [0.5, 0.6) is 0 Å². The van der Waals surface area contributed by atoms with Crippen molar-refractivity contribution in [1.29, 1.82) is 0 Å². The average Bonchev–Trinajstić information content (AvgIpc) is 2.14. The summed E-state index contributed by atoms with van der Waals surface area (Å²) in [5.74, 6) is 0.617. The van der Waals surface area contributed by atoms with Gasteiger partial charge in [-0.2, -0.15) is 0 Å². The minimum absolute atomic E-state index is 0.458. The summed E-state index contributed by atoms with van der Waals surface area (Å²) in [4.78, 5) is 0. The summed E-state index contributed by atoms with van der Waals surface area (Å²) >= 11 is 23.1. The molecule has 0 saturated heterocycles. The van der Waals surface area contributed by atoms with E-state index in [1.165, 1.54) is 0 Å². The van der Waals surface area contributed by atoms with E-state index in [9.17, 15) is 0 Å². The molecule has 14 heavy (non-hydrogen) atoms. The molecule has 0 fully saturated rings. The third-order valence-corrected chi connectivity index (χ3v) is 2.94. The Kier molecular flexibility index (Phi) is 5.18. The maximum atomic E-state index is 5.94. The maximum Gasteiger partial charge on any atom is 0.0653 e. The van der Waals surface area contributed by atoms with E-state index in [4.69, 9.17) is 46.4 Å². The maximum absolute atomic E-state index is 5.94. The molecule has 0 spiro atoms. The normalized spacial score (nSPS) is 10.3. The van der Waals surface area contributed by atoms with Crippen LogP contribution in [0.2, 0.25) is 15.1 Å². The van der Waals surface area contributed by atoms with Crippen molar-refractivity contribution < 1.29 is 0 Å². The zero-order valence-corrected chi connectivity index (χ0v) is 10.3. The molecule has 0 amide bonds. The number of hydrogen-bond donors (Lipinski definition) is 1. The highest BCUT2D eigenvalue weighted by atomic mass is 35.5. The first-order valence-electron chi connectivity index (χ1n) is 4.09. The number of benzene rings is 1. The molecule has 0 heterocycles. The average molecular weight is 273 g/mol. The van der Waals surface area contributed by atoms with Crippen LogP contribution in [-0.4, -0.2) is 12.4 Å². The van der Waals surface area contributed by atoms with Crippen LogP contribution >= 0.6 is 46.4 Å². The molecule has 0 saturated carbocycles. The Balaban J connectivity index is 2.72. The lowest BCUT2D eigenvalue weighted by atomic mass is 10.3. The van der Waals surface area contributed by atoms with Crippen molar-refractivity contribution >= 4 is 52.1 Å². The van der Waals surface area contributed by atoms with E-state index in [0.717, 1.165) is 18.7 Å². The lowest BCUT2D eigenvalue weighted by Gasteiger charge is -2.08. The molecule has 0 unspecified atom stereocenters. The van der Waals surface area contributed by atoms with E-state index in [0.29, 0.717) is 20.9 Å². The van der Waals surface area contributed by atoms with Crippen LogP contribution in [0.15, 0.2) is 12.1 Å². The Morgan fingerprint density at radius 2 is 1.64 bits per heavy atom. The molecule has 1 aromatic rings. The highest BCUT2D eigenvalue weighted by Gasteiger charge is 2.04. The summed E-state index contributed by atoms with van der Waals surface area (Å²) in [6.45, 7) is 0.765. The smallest absolute Gasteiger partial charge is 0.0653 e. The lowest BCUT2D eigenvalue weighted by molar-refractivity contribution is 0.987. The number of hydrogen-bond acceptors (Lipinski definition) is 1. The first-order valence-corrected chi connectivity index (χ1v) is 5.76. The fraction of sp³-hybridized carbons (Fsp3) is 0.333. The summed E-state index contributed by atoms with van der Waals surface area (Å²) in [6.07, 6.45) is 0.873. The Labute approximate surface area is 103 Å². The fourth-order valence-corrected chi connectivity index (χ4v) is 1.70. The van der Waals surface area contributed by atoms with Crippen LogP contribution in [0.3, 0.4) is 0 Å². The monoisotopic (exact) mass is 271 g/mol. The van der Waals surface area contributed by atoms with Gasteiger partial charge in [-0.05, 0) is 18.6 Å². The first-order chi connectivity index (χ1) is 6.65. The molecule has 0 aliphatic carbocycles. The van der Waals surface area contributed by atoms with Crippen molar-refractivity contribution in [2.24, 2.45) is 0 Å². The molecule has 5 heteroatoms. The summed E-state index contributed by atoms with van der Waals surface area (Å²) in [6, 6.07) is 3.33. The van der Waals surface area contributed by atoms with Gasteiger partial charge in [0.2, 0.25) is 0 Å². The fourth-order valence-electron chi connectivity index (χ4n) is 0.948. The van der Waals surface area contributed by atoms with Crippen LogP contribution in [0.1, 0.15) is 6.42 Å². The Morgan fingerprint density at radius 1 is 1.00 bits per heavy atom. The second-order valence-electron chi connectivity index (χ2n) is 2.72. The number of halogens is 4. The van der Waals surface area contributed by atoms with Crippen LogP contribution in [0, 0.1) is 0 Å². The topological polar surface area (TPSA) is 12.0 Å². The quantitative estimate of drug-likeness (QED) is 0.476. The SMILES string of the molecule is ClCCCNc1cc(Cl)c(Cl)cc1Cl. The van der Waals surface area contributed by atoms with Crippen LogP contribution < -0.4 is 5.32 Å². The largest absolute Gasteiger partial charge is 0.384 e. The highest BCUT2D eigenvalue weighted by Crippen LogP contribution is 2.32. The lowest BCUT2D eigenvalue weighted by Crippen LogP contribution is -2.02. The van der Waals surface area contributed by atoms with E-state index < -0.39 is 0 Å². The molecule has 0 bridgehead atoms. The Hall–Kier alpha value is 0.180. The zero-order valence-electron chi connectivity index (χ0n) is 7.29.